The Morgan fingerprint density at radius 2 is 1.91 bits per heavy atom. The third-order valence-corrected chi connectivity index (χ3v) is 7.27. The smallest absolute Gasteiger partial charge is 0.291 e. The third kappa shape index (κ3) is 3.71. The molecule has 1 fully saturated rings. The van der Waals surface area contributed by atoms with Gasteiger partial charge in [-0.3, -0.25) is 18.9 Å². The fraction of sp³-hybridized carbons (Fsp3) is 0.286. The van der Waals surface area contributed by atoms with E-state index >= 15 is 0 Å². The molecule has 1 aromatic carbocycles. The SMILES string of the molecule is COc1ncc(-c2ccc3ncc4nnc(C(=O)N(C)C)n4c3c2)cc1NS(=O)(=O)C1CC1. The highest BCUT2D eigenvalue weighted by Crippen LogP contribution is 2.34. The summed E-state index contributed by atoms with van der Waals surface area (Å²) < 4.78 is 34.5. The normalized spacial score (nSPS) is 13.9. The molecule has 0 unspecified atom stereocenters. The number of fused-ring (bicyclic) bond motifs is 3. The lowest BCUT2D eigenvalue weighted by Crippen LogP contribution is -2.24. The molecule has 0 saturated heterocycles. The van der Waals surface area contributed by atoms with Crippen LogP contribution >= 0.6 is 0 Å². The van der Waals surface area contributed by atoms with Gasteiger partial charge < -0.3 is 9.64 Å². The predicted octanol–water partition coefficient (Wildman–Crippen LogP) is 1.95. The highest BCUT2D eigenvalue weighted by molar-refractivity contribution is 7.93. The number of hydrogen-bond acceptors (Lipinski definition) is 8. The van der Waals surface area contributed by atoms with Crippen LogP contribution in [0.2, 0.25) is 0 Å². The average Bonchev–Trinajstić information content (AvgIpc) is 3.58. The molecule has 0 atom stereocenters. The van der Waals surface area contributed by atoms with E-state index in [1.807, 2.05) is 18.2 Å². The number of hydrogen-bond donors (Lipinski definition) is 1. The van der Waals surface area contributed by atoms with Crippen molar-refractivity contribution in [2.45, 2.75) is 18.1 Å². The first kappa shape index (κ1) is 21.1. The molecule has 1 aliphatic rings. The molecule has 0 aliphatic heterocycles. The summed E-state index contributed by atoms with van der Waals surface area (Å²) in [6, 6.07) is 7.18. The van der Waals surface area contributed by atoms with E-state index in [1.165, 1.54) is 12.0 Å². The van der Waals surface area contributed by atoms with Crippen molar-refractivity contribution in [2.24, 2.45) is 0 Å². The van der Waals surface area contributed by atoms with E-state index in [-0.39, 0.29) is 28.5 Å². The molecule has 3 aromatic heterocycles. The summed E-state index contributed by atoms with van der Waals surface area (Å²) in [4.78, 5) is 22.7. The molecule has 1 aliphatic carbocycles. The number of nitrogens with one attached hydrogen (secondary N) is 1. The zero-order chi connectivity index (χ0) is 23.3. The van der Waals surface area contributed by atoms with Crippen molar-refractivity contribution < 1.29 is 17.9 Å². The second kappa shape index (κ2) is 7.66. The zero-order valence-electron chi connectivity index (χ0n) is 18.2. The second-order valence-corrected chi connectivity index (χ2v) is 9.97. The molecule has 170 valence electrons. The quantitative estimate of drug-likeness (QED) is 0.455. The van der Waals surface area contributed by atoms with E-state index in [0.29, 0.717) is 35.1 Å². The number of amides is 1. The molecule has 12 heteroatoms. The Kier molecular flexibility index (Phi) is 4.89. The van der Waals surface area contributed by atoms with Crippen LogP contribution in [0.15, 0.2) is 36.7 Å². The predicted molar refractivity (Wildman–Crippen MR) is 122 cm³/mol. The summed E-state index contributed by atoms with van der Waals surface area (Å²) in [6.45, 7) is 0. The maximum atomic E-state index is 12.6. The van der Waals surface area contributed by atoms with Gasteiger partial charge >= 0.3 is 0 Å². The lowest BCUT2D eigenvalue weighted by Gasteiger charge is -2.13. The number of ether oxygens (including phenoxy) is 1. The summed E-state index contributed by atoms with van der Waals surface area (Å²) in [5.41, 5.74) is 3.40. The Hall–Kier alpha value is -3.80. The van der Waals surface area contributed by atoms with Crippen LogP contribution in [0.25, 0.3) is 27.8 Å². The van der Waals surface area contributed by atoms with Gasteiger partial charge in [0.25, 0.3) is 5.91 Å². The molecule has 0 radical (unpaired) electrons. The molecule has 5 rings (SSSR count). The first-order chi connectivity index (χ1) is 15.8. The molecule has 11 nitrogen and oxygen atoms in total. The molecular weight excluding hydrogens is 446 g/mol. The van der Waals surface area contributed by atoms with E-state index in [9.17, 15) is 13.2 Å². The maximum Gasteiger partial charge on any atom is 0.291 e. The van der Waals surface area contributed by atoms with Crippen molar-refractivity contribution >= 4 is 38.3 Å². The number of pyridine rings is 1. The zero-order valence-corrected chi connectivity index (χ0v) is 19.0. The van der Waals surface area contributed by atoms with Crippen LogP contribution in [0.1, 0.15) is 23.5 Å². The minimum absolute atomic E-state index is 0.172. The first-order valence-corrected chi connectivity index (χ1v) is 11.7. The van der Waals surface area contributed by atoms with Crippen molar-refractivity contribution in [1.82, 2.24) is 29.5 Å². The molecule has 1 saturated carbocycles. The maximum absolute atomic E-state index is 12.6. The Balaban J connectivity index is 1.64. The van der Waals surface area contributed by atoms with Crippen molar-refractivity contribution in [1.29, 1.82) is 0 Å². The Morgan fingerprint density at radius 1 is 1.12 bits per heavy atom. The molecule has 3 heterocycles. The number of methoxy groups -OCH3 is 1. The van der Waals surface area contributed by atoms with E-state index in [2.05, 4.69) is 24.9 Å². The van der Waals surface area contributed by atoms with Gasteiger partial charge in [-0.25, -0.2) is 13.4 Å². The minimum atomic E-state index is -3.49. The fourth-order valence-corrected chi connectivity index (χ4v) is 4.91. The number of carbonyl (C=O) groups excluding carboxylic acids is 1. The van der Waals surface area contributed by atoms with Crippen LogP contribution in [0.3, 0.4) is 0 Å². The topological polar surface area (TPSA) is 132 Å². The van der Waals surface area contributed by atoms with Gasteiger partial charge in [-0.15, -0.1) is 10.2 Å². The van der Waals surface area contributed by atoms with Crippen LogP contribution in [0, 0.1) is 0 Å². The Labute approximate surface area is 189 Å². The third-order valence-electron chi connectivity index (χ3n) is 5.41. The molecule has 4 aromatic rings. The highest BCUT2D eigenvalue weighted by atomic mass is 32.2. The van der Waals surface area contributed by atoms with Crippen LogP contribution in [0.5, 0.6) is 5.88 Å². The van der Waals surface area contributed by atoms with Gasteiger partial charge in [-0.05, 0) is 36.6 Å². The average molecular weight is 468 g/mol. The van der Waals surface area contributed by atoms with E-state index < -0.39 is 10.0 Å². The van der Waals surface area contributed by atoms with Crippen molar-refractivity contribution in [3.8, 4) is 17.0 Å². The van der Waals surface area contributed by atoms with E-state index in [0.717, 1.165) is 5.56 Å². The summed E-state index contributed by atoms with van der Waals surface area (Å²) in [5, 5.41) is 7.73. The van der Waals surface area contributed by atoms with E-state index in [1.54, 1.807) is 37.0 Å². The van der Waals surface area contributed by atoms with Crippen molar-refractivity contribution in [3.05, 3.63) is 42.5 Å². The molecule has 0 spiro atoms. The van der Waals surface area contributed by atoms with Gasteiger partial charge in [-0.2, -0.15) is 0 Å². The first-order valence-electron chi connectivity index (χ1n) is 10.2. The lowest BCUT2D eigenvalue weighted by atomic mass is 10.1. The Morgan fingerprint density at radius 3 is 2.61 bits per heavy atom. The summed E-state index contributed by atoms with van der Waals surface area (Å²) >= 11 is 0. The number of sulfonamides is 1. The van der Waals surface area contributed by atoms with Gasteiger partial charge in [0, 0.05) is 25.9 Å². The number of rotatable bonds is 6. The minimum Gasteiger partial charge on any atom is -0.480 e. The molecule has 1 N–H and O–H groups in total. The lowest BCUT2D eigenvalue weighted by molar-refractivity contribution is 0.0815. The molecular formula is C21H21N7O4S. The highest BCUT2D eigenvalue weighted by Gasteiger charge is 2.36. The number of aromatic nitrogens is 5. The monoisotopic (exact) mass is 467 g/mol. The number of anilines is 1. The summed E-state index contributed by atoms with van der Waals surface area (Å²) in [5.74, 6) is 0.0686. The van der Waals surface area contributed by atoms with Crippen LogP contribution in [-0.4, -0.2) is 70.2 Å². The number of nitrogens with zero attached hydrogens (tertiary/aromatic N) is 6. The van der Waals surface area contributed by atoms with Crippen molar-refractivity contribution in [3.63, 3.8) is 0 Å². The van der Waals surface area contributed by atoms with Gasteiger partial charge in [0.2, 0.25) is 21.7 Å². The van der Waals surface area contributed by atoms with Gasteiger partial charge in [-0.1, -0.05) is 6.07 Å². The largest absolute Gasteiger partial charge is 0.480 e. The summed E-state index contributed by atoms with van der Waals surface area (Å²) in [6.07, 6.45) is 4.44. The van der Waals surface area contributed by atoms with Gasteiger partial charge in [0.05, 0.1) is 29.6 Å². The summed E-state index contributed by atoms with van der Waals surface area (Å²) in [7, 11) is 1.23. The van der Waals surface area contributed by atoms with Crippen molar-refractivity contribution in [2.75, 3.05) is 25.9 Å². The molecule has 33 heavy (non-hydrogen) atoms. The van der Waals surface area contributed by atoms with Crippen LogP contribution in [-0.2, 0) is 10.0 Å². The van der Waals surface area contributed by atoms with Gasteiger partial charge in [0.15, 0.2) is 5.65 Å². The van der Waals surface area contributed by atoms with Gasteiger partial charge in [0.1, 0.15) is 5.69 Å². The second-order valence-electron chi connectivity index (χ2n) is 8.01. The van der Waals surface area contributed by atoms with Crippen LogP contribution in [0.4, 0.5) is 5.69 Å². The van der Waals surface area contributed by atoms with Crippen LogP contribution < -0.4 is 9.46 Å². The Bertz CT molecular complexity index is 1510. The standard InChI is InChI=1S/C21H21N7O4S/c1-27(2)21(29)19-25-24-18-11-22-15-7-4-12(9-17(15)28(18)19)13-8-16(20(32-3)23-10-13)26-33(30,31)14-5-6-14/h4,7-11,14,26H,5-6H2,1-3H3. The number of benzene rings is 1. The fourth-order valence-electron chi connectivity index (χ4n) is 3.54. The molecule has 1 amide bonds. The molecule has 0 bridgehead atoms. The van der Waals surface area contributed by atoms with E-state index in [4.69, 9.17) is 4.74 Å². The number of carbonyl (C=O) groups is 1.